The summed E-state index contributed by atoms with van der Waals surface area (Å²) in [5.41, 5.74) is 5.31. The summed E-state index contributed by atoms with van der Waals surface area (Å²) in [6.07, 6.45) is 5.82. The first-order valence-electron chi connectivity index (χ1n) is 8.94. The van der Waals surface area contributed by atoms with E-state index in [9.17, 15) is 9.59 Å². The van der Waals surface area contributed by atoms with Crippen molar-refractivity contribution >= 4 is 17.5 Å². The van der Waals surface area contributed by atoms with Gasteiger partial charge >= 0.3 is 0 Å². The van der Waals surface area contributed by atoms with Crippen molar-refractivity contribution < 1.29 is 9.59 Å². The van der Waals surface area contributed by atoms with Crippen LogP contribution in [0.15, 0.2) is 24.3 Å². The maximum Gasteiger partial charge on any atom is 0.226 e. The second-order valence-electron chi connectivity index (χ2n) is 6.79. The fraction of sp³-hybridized carbons (Fsp3) is 0.421. The predicted octanol–water partition coefficient (Wildman–Crippen LogP) is 2.42. The molecule has 0 spiro atoms. The minimum absolute atomic E-state index is 0.0398. The molecule has 1 aromatic carbocycles. The highest BCUT2D eigenvalue weighted by Crippen LogP contribution is 2.30. The fourth-order valence-electron chi connectivity index (χ4n) is 3.79. The molecule has 2 aliphatic rings. The van der Waals surface area contributed by atoms with Gasteiger partial charge in [-0.1, -0.05) is 18.2 Å². The average molecular weight is 338 g/mol. The van der Waals surface area contributed by atoms with Gasteiger partial charge in [-0.25, -0.2) is 0 Å². The molecule has 6 heteroatoms. The van der Waals surface area contributed by atoms with Crippen LogP contribution in [-0.2, 0) is 28.9 Å². The molecule has 0 saturated heterocycles. The Morgan fingerprint density at radius 1 is 1.24 bits per heavy atom. The number of nitrogens with one attached hydrogen (secondary N) is 3. The molecule has 1 aromatic heterocycles. The van der Waals surface area contributed by atoms with Crippen molar-refractivity contribution in [1.82, 2.24) is 15.5 Å². The van der Waals surface area contributed by atoms with E-state index < -0.39 is 0 Å². The Hall–Kier alpha value is -2.63. The van der Waals surface area contributed by atoms with E-state index in [2.05, 4.69) is 20.8 Å². The number of nitrogens with zero attached hydrogens (tertiary/aromatic N) is 1. The monoisotopic (exact) mass is 338 g/mol. The largest absolute Gasteiger partial charge is 0.349 e. The summed E-state index contributed by atoms with van der Waals surface area (Å²) < 4.78 is 0. The van der Waals surface area contributed by atoms with Gasteiger partial charge in [0, 0.05) is 24.2 Å². The van der Waals surface area contributed by atoms with E-state index in [1.807, 2.05) is 24.3 Å². The van der Waals surface area contributed by atoms with Gasteiger partial charge in [-0.3, -0.25) is 14.7 Å². The quantitative estimate of drug-likeness (QED) is 0.800. The second-order valence-corrected chi connectivity index (χ2v) is 6.79. The summed E-state index contributed by atoms with van der Waals surface area (Å²) in [5, 5.41) is 13.4. The summed E-state index contributed by atoms with van der Waals surface area (Å²) in [6, 6.07) is 7.35. The lowest BCUT2D eigenvalue weighted by molar-refractivity contribution is -0.122. The van der Waals surface area contributed by atoms with E-state index in [0.29, 0.717) is 12.8 Å². The number of H-pyrrole nitrogens is 1. The van der Waals surface area contributed by atoms with E-state index in [1.165, 1.54) is 24.1 Å². The lowest BCUT2D eigenvalue weighted by atomic mass is 9.94. The Morgan fingerprint density at radius 2 is 2.08 bits per heavy atom. The molecule has 1 atom stereocenters. The van der Waals surface area contributed by atoms with Crippen LogP contribution in [0.25, 0.3) is 0 Å². The molecule has 2 amide bonds. The molecule has 1 aliphatic carbocycles. The first-order chi connectivity index (χ1) is 12.2. The molecular formula is C19H22N4O2. The topological polar surface area (TPSA) is 86.9 Å². The molecule has 0 unspecified atom stereocenters. The number of anilines is 1. The lowest BCUT2D eigenvalue weighted by Gasteiger charge is -2.26. The SMILES string of the molecule is O=C1C[C@@H](NC(=O)CCc2n[nH]c3c2CCCC3)c2ccccc2N1. The molecule has 0 fully saturated rings. The number of aryl methyl sites for hydroxylation is 2. The Kier molecular flexibility index (Phi) is 4.26. The third-order valence-corrected chi connectivity index (χ3v) is 5.07. The Labute approximate surface area is 146 Å². The number of carbonyl (C=O) groups excluding carboxylic acids is 2. The lowest BCUT2D eigenvalue weighted by Crippen LogP contribution is -2.35. The normalized spacial score (nSPS) is 18.9. The second kappa shape index (κ2) is 6.70. The highest BCUT2D eigenvalue weighted by atomic mass is 16.2. The van der Waals surface area contributed by atoms with Gasteiger partial charge in [-0.05, 0) is 42.9 Å². The van der Waals surface area contributed by atoms with Crippen molar-refractivity contribution in [2.45, 2.75) is 51.0 Å². The van der Waals surface area contributed by atoms with Crippen LogP contribution in [0.4, 0.5) is 5.69 Å². The van der Waals surface area contributed by atoms with Crippen molar-refractivity contribution in [1.29, 1.82) is 0 Å². The number of carbonyl (C=O) groups is 2. The maximum atomic E-state index is 12.4. The molecule has 0 bridgehead atoms. The van der Waals surface area contributed by atoms with Crippen molar-refractivity contribution in [2.24, 2.45) is 0 Å². The highest BCUT2D eigenvalue weighted by molar-refractivity contribution is 5.95. The summed E-state index contributed by atoms with van der Waals surface area (Å²) in [7, 11) is 0. The Balaban J connectivity index is 1.40. The Bertz CT molecular complexity index is 812. The molecule has 0 radical (unpaired) electrons. The highest BCUT2D eigenvalue weighted by Gasteiger charge is 2.26. The number of hydrogen-bond acceptors (Lipinski definition) is 3. The van der Waals surface area contributed by atoms with Crippen molar-refractivity contribution in [3.05, 3.63) is 46.8 Å². The van der Waals surface area contributed by atoms with Crippen LogP contribution >= 0.6 is 0 Å². The minimum Gasteiger partial charge on any atom is -0.349 e. The molecule has 4 rings (SSSR count). The van der Waals surface area contributed by atoms with E-state index >= 15 is 0 Å². The number of rotatable bonds is 4. The molecule has 0 saturated carbocycles. The van der Waals surface area contributed by atoms with Crippen LogP contribution in [-0.4, -0.2) is 22.0 Å². The van der Waals surface area contributed by atoms with Crippen LogP contribution in [0.1, 0.15) is 54.2 Å². The van der Waals surface area contributed by atoms with Crippen LogP contribution in [0, 0.1) is 0 Å². The van der Waals surface area contributed by atoms with Crippen molar-refractivity contribution in [3.8, 4) is 0 Å². The zero-order chi connectivity index (χ0) is 17.2. The van der Waals surface area contributed by atoms with Gasteiger partial charge in [0.15, 0.2) is 0 Å². The summed E-state index contributed by atoms with van der Waals surface area (Å²) >= 11 is 0. The number of fused-ring (bicyclic) bond motifs is 2. The number of amides is 2. The van der Waals surface area contributed by atoms with Gasteiger partial charge in [0.05, 0.1) is 18.2 Å². The maximum absolute atomic E-state index is 12.4. The molecule has 2 heterocycles. The molecular weight excluding hydrogens is 316 g/mol. The standard InChI is InChI=1S/C19H22N4O2/c24-18(10-9-16-13-6-2-4-8-15(13)22-23-16)21-17-11-19(25)20-14-7-3-1-5-12(14)17/h1,3,5,7,17H,2,4,6,8-11H2,(H,20,25)(H,21,24)(H,22,23)/t17-/m1/s1. The smallest absolute Gasteiger partial charge is 0.226 e. The zero-order valence-electron chi connectivity index (χ0n) is 14.1. The number of benzene rings is 1. The molecule has 130 valence electrons. The molecule has 2 aromatic rings. The third-order valence-electron chi connectivity index (χ3n) is 5.07. The summed E-state index contributed by atoms with van der Waals surface area (Å²) in [6.45, 7) is 0. The first kappa shape index (κ1) is 15.9. The third kappa shape index (κ3) is 3.29. The molecule has 25 heavy (non-hydrogen) atoms. The van der Waals surface area contributed by atoms with Crippen molar-refractivity contribution in [2.75, 3.05) is 5.32 Å². The van der Waals surface area contributed by atoms with E-state index in [-0.39, 0.29) is 24.3 Å². The number of hydrogen-bond donors (Lipinski definition) is 3. The Morgan fingerprint density at radius 3 is 3.00 bits per heavy atom. The van der Waals surface area contributed by atoms with E-state index in [4.69, 9.17) is 0 Å². The van der Waals surface area contributed by atoms with E-state index in [0.717, 1.165) is 29.8 Å². The summed E-state index contributed by atoms with van der Waals surface area (Å²) in [4.78, 5) is 24.3. The number of aromatic amines is 1. The number of aromatic nitrogens is 2. The predicted molar refractivity (Wildman–Crippen MR) is 94.1 cm³/mol. The van der Waals surface area contributed by atoms with Gasteiger partial charge in [-0.2, -0.15) is 5.10 Å². The fourth-order valence-corrected chi connectivity index (χ4v) is 3.79. The minimum atomic E-state index is -0.259. The van der Waals surface area contributed by atoms with Crippen LogP contribution in [0.2, 0.25) is 0 Å². The van der Waals surface area contributed by atoms with Crippen molar-refractivity contribution in [3.63, 3.8) is 0 Å². The first-order valence-corrected chi connectivity index (χ1v) is 8.94. The van der Waals surface area contributed by atoms with E-state index in [1.54, 1.807) is 0 Å². The summed E-state index contributed by atoms with van der Waals surface area (Å²) in [5.74, 6) is -0.104. The number of para-hydroxylation sites is 1. The molecule has 1 aliphatic heterocycles. The van der Waals surface area contributed by atoms with Gasteiger partial charge in [0.2, 0.25) is 11.8 Å². The average Bonchev–Trinajstić information content (AvgIpc) is 3.03. The van der Waals surface area contributed by atoms with Gasteiger partial charge in [0.1, 0.15) is 0 Å². The zero-order valence-corrected chi connectivity index (χ0v) is 14.1. The van der Waals surface area contributed by atoms with Gasteiger partial charge < -0.3 is 10.6 Å². The van der Waals surface area contributed by atoms with Crippen LogP contribution in [0.3, 0.4) is 0 Å². The van der Waals surface area contributed by atoms with Crippen LogP contribution < -0.4 is 10.6 Å². The van der Waals surface area contributed by atoms with Gasteiger partial charge in [-0.15, -0.1) is 0 Å². The van der Waals surface area contributed by atoms with Gasteiger partial charge in [0.25, 0.3) is 0 Å². The molecule has 3 N–H and O–H groups in total. The molecule has 6 nitrogen and oxygen atoms in total. The van der Waals surface area contributed by atoms with Crippen LogP contribution in [0.5, 0.6) is 0 Å².